The van der Waals surface area contributed by atoms with Crippen molar-refractivity contribution in [2.24, 2.45) is 0 Å². The first-order valence-corrected chi connectivity index (χ1v) is 9.65. The van der Waals surface area contributed by atoms with Crippen molar-refractivity contribution in [1.82, 2.24) is 10.6 Å². The molecule has 2 N–H and O–H groups in total. The minimum absolute atomic E-state index is 0.0266. The fraction of sp³-hybridized carbons (Fsp3) is 0.238. The summed E-state index contributed by atoms with van der Waals surface area (Å²) in [6, 6.07) is 11.1. The topological polar surface area (TPSA) is 103 Å². The summed E-state index contributed by atoms with van der Waals surface area (Å²) in [5, 5.41) is 18.0. The molecule has 9 heteroatoms. The highest BCUT2D eigenvalue weighted by Crippen LogP contribution is 2.41. The van der Waals surface area contributed by atoms with E-state index in [1.807, 2.05) is 6.07 Å². The van der Waals surface area contributed by atoms with Gasteiger partial charge < -0.3 is 20.1 Å². The Kier molecular flexibility index (Phi) is 6.31. The van der Waals surface area contributed by atoms with E-state index in [0.717, 1.165) is 0 Å². The molecule has 1 atom stereocenters. The summed E-state index contributed by atoms with van der Waals surface area (Å²) >= 11 is 5.28. The molecule has 0 bridgehead atoms. The van der Waals surface area contributed by atoms with Gasteiger partial charge in [0.15, 0.2) is 16.6 Å². The highest BCUT2D eigenvalue weighted by Gasteiger charge is 2.33. The normalized spacial score (nSPS) is 15.8. The van der Waals surface area contributed by atoms with Crippen molar-refractivity contribution < 1.29 is 19.2 Å². The number of Topliss-reactive ketones (excluding diaryl/α,β-unsaturated/α-hetero) is 1. The molecule has 0 amide bonds. The highest BCUT2D eigenvalue weighted by molar-refractivity contribution is 7.80. The summed E-state index contributed by atoms with van der Waals surface area (Å²) in [6.45, 7) is 3.81. The number of ketones is 1. The van der Waals surface area contributed by atoms with Crippen molar-refractivity contribution in [3.8, 4) is 11.5 Å². The SMILES string of the molecule is CCOc1cc(C2NC(=S)NC(C)=C2C(=O)c2ccccc2)cc([N+](=O)[O-])c1OC. The molecule has 1 heterocycles. The van der Waals surface area contributed by atoms with Crippen molar-refractivity contribution in [3.63, 3.8) is 0 Å². The number of nitrogens with one attached hydrogen (secondary N) is 2. The number of methoxy groups -OCH3 is 1. The molecular formula is C21H21N3O5S. The molecule has 1 aliphatic rings. The van der Waals surface area contributed by atoms with Crippen LogP contribution >= 0.6 is 12.2 Å². The van der Waals surface area contributed by atoms with E-state index < -0.39 is 11.0 Å². The van der Waals surface area contributed by atoms with Crippen molar-refractivity contribution in [2.45, 2.75) is 19.9 Å². The van der Waals surface area contributed by atoms with E-state index in [1.54, 1.807) is 44.2 Å². The van der Waals surface area contributed by atoms with Gasteiger partial charge >= 0.3 is 5.69 Å². The molecule has 1 unspecified atom stereocenters. The van der Waals surface area contributed by atoms with Crippen LogP contribution in [0, 0.1) is 10.1 Å². The highest BCUT2D eigenvalue weighted by atomic mass is 32.1. The zero-order valence-corrected chi connectivity index (χ0v) is 17.5. The van der Waals surface area contributed by atoms with Gasteiger partial charge in [0.1, 0.15) is 0 Å². The molecule has 0 saturated carbocycles. The van der Waals surface area contributed by atoms with Crippen LogP contribution in [0.3, 0.4) is 0 Å². The first kappa shape index (κ1) is 21.3. The Hall–Kier alpha value is -3.46. The monoisotopic (exact) mass is 427 g/mol. The molecular weight excluding hydrogens is 406 g/mol. The number of nitro groups is 1. The van der Waals surface area contributed by atoms with E-state index in [0.29, 0.717) is 34.1 Å². The summed E-state index contributed by atoms with van der Waals surface area (Å²) in [6.07, 6.45) is 0. The number of ether oxygens (including phenoxy) is 2. The van der Waals surface area contributed by atoms with Gasteiger partial charge in [-0.15, -0.1) is 0 Å². The Morgan fingerprint density at radius 3 is 2.57 bits per heavy atom. The number of hydrogen-bond donors (Lipinski definition) is 2. The molecule has 0 radical (unpaired) electrons. The molecule has 1 aliphatic heterocycles. The number of thiocarbonyl (C=S) groups is 1. The van der Waals surface area contributed by atoms with Gasteiger partial charge in [0.2, 0.25) is 5.75 Å². The number of hydrogen-bond acceptors (Lipinski definition) is 6. The number of benzene rings is 2. The lowest BCUT2D eigenvalue weighted by Crippen LogP contribution is -2.44. The van der Waals surface area contributed by atoms with Crippen LogP contribution in [0.25, 0.3) is 0 Å². The van der Waals surface area contributed by atoms with Crippen LogP contribution in [0.4, 0.5) is 5.69 Å². The number of nitrogens with zero attached hydrogens (tertiary/aromatic N) is 1. The van der Waals surface area contributed by atoms with E-state index in [4.69, 9.17) is 21.7 Å². The fourth-order valence-corrected chi connectivity index (χ4v) is 3.64. The number of nitro benzene ring substituents is 1. The second-order valence-electron chi connectivity index (χ2n) is 6.53. The summed E-state index contributed by atoms with van der Waals surface area (Å²) in [5.74, 6) is 0.0374. The molecule has 0 spiro atoms. The van der Waals surface area contributed by atoms with Crippen LogP contribution in [0.5, 0.6) is 11.5 Å². The molecule has 156 valence electrons. The molecule has 30 heavy (non-hydrogen) atoms. The third kappa shape index (κ3) is 4.11. The number of carbonyl (C=O) groups excluding carboxylic acids is 1. The molecule has 0 aliphatic carbocycles. The quantitative estimate of drug-likeness (QED) is 0.299. The summed E-state index contributed by atoms with van der Waals surface area (Å²) < 4.78 is 10.8. The minimum atomic E-state index is -0.699. The maximum absolute atomic E-state index is 13.3. The van der Waals surface area contributed by atoms with Crippen molar-refractivity contribution in [3.05, 3.63) is 75.0 Å². The average Bonchev–Trinajstić information content (AvgIpc) is 2.73. The molecule has 3 rings (SSSR count). The van der Waals surface area contributed by atoms with Crippen LogP contribution in [-0.4, -0.2) is 29.5 Å². The van der Waals surface area contributed by atoms with Crippen molar-refractivity contribution >= 4 is 28.8 Å². The standard InChI is InChI=1S/C21H21N3O5S/c1-4-29-16-11-14(10-15(24(26)27)20(16)28-3)18-17(12(2)22-21(30)23-18)19(25)13-8-6-5-7-9-13/h5-11,18H,4H2,1-3H3,(H2,22,23,30). The Morgan fingerprint density at radius 2 is 1.97 bits per heavy atom. The second kappa shape index (κ2) is 8.91. The van der Waals surface area contributed by atoms with Gasteiger partial charge in [-0.05, 0) is 37.7 Å². The fourth-order valence-electron chi connectivity index (χ4n) is 3.37. The van der Waals surface area contributed by atoms with E-state index in [-0.39, 0.29) is 23.0 Å². The van der Waals surface area contributed by atoms with Gasteiger partial charge in [-0.3, -0.25) is 14.9 Å². The van der Waals surface area contributed by atoms with Crippen LogP contribution in [0.1, 0.15) is 35.8 Å². The first-order chi connectivity index (χ1) is 14.4. The molecule has 0 aromatic heterocycles. The maximum Gasteiger partial charge on any atom is 0.315 e. The molecule has 0 saturated heterocycles. The molecule has 2 aromatic carbocycles. The lowest BCUT2D eigenvalue weighted by molar-refractivity contribution is -0.385. The van der Waals surface area contributed by atoms with Gasteiger partial charge in [-0.1, -0.05) is 30.3 Å². The van der Waals surface area contributed by atoms with Crippen LogP contribution in [0.2, 0.25) is 0 Å². The predicted molar refractivity (Wildman–Crippen MR) is 116 cm³/mol. The molecule has 8 nitrogen and oxygen atoms in total. The second-order valence-corrected chi connectivity index (χ2v) is 6.94. The summed E-state index contributed by atoms with van der Waals surface area (Å²) in [4.78, 5) is 24.4. The minimum Gasteiger partial charge on any atom is -0.490 e. The number of carbonyl (C=O) groups is 1. The number of allylic oxidation sites excluding steroid dienone is 1. The first-order valence-electron chi connectivity index (χ1n) is 9.24. The smallest absolute Gasteiger partial charge is 0.315 e. The third-order valence-electron chi connectivity index (χ3n) is 4.64. The van der Waals surface area contributed by atoms with Gasteiger partial charge in [-0.2, -0.15) is 0 Å². The zero-order chi connectivity index (χ0) is 21.8. The third-order valence-corrected chi connectivity index (χ3v) is 4.86. The maximum atomic E-state index is 13.3. The zero-order valence-electron chi connectivity index (χ0n) is 16.7. The average molecular weight is 427 g/mol. The van der Waals surface area contributed by atoms with Crippen LogP contribution in [-0.2, 0) is 0 Å². The summed E-state index contributed by atoms with van der Waals surface area (Å²) in [5.41, 5.74) is 1.70. The van der Waals surface area contributed by atoms with Crippen LogP contribution in [0.15, 0.2) is 53.7 Å². The van der Waals surface area contributed by atoms with Gasteiger partial charge in [-0.25, -0.2) is 0 Å². The Balaban J connectivity index is 2.18. The van der Waals surface area contributed by atoms with Crippen LogP contribution < -0.4 is 20.1 Å². The van der Waals surface area contributed by atoms with E-state index >= 15 is 0 Å². The lowest BCUT2D eigenvalue weighted by Gasteiger charge is -2.30. The van der Waals surface area contributed by atoms with E-state index in [1.165, 1.54) is 13.2 Å². The Morgan fingerprint density at radius 1 is 1.27 bits per heavy atom. The van der Waals surface area contributed by atoms with E-state index in [2.05, 4.69) is 10.6 Å². The lowest BCUT2D eigenvalue weighted by atomic mass is 9.89. The van der Waals surface area contributed by atoms with Gasteiger partial charge in [0.25, 0.3) is 0 Å². The summed E-state index contributed by atoms with van der Waals surface area (Å²) in [7, 11) is 1.34. The van der Waals surface area contributed by atoms with Crippen molar-refractivity contribution in [2.75, 3.05) is 13.7 Å². The molecule has 0 fully saturated rings. The predicted octanol–water partition coefficient (Wildman–Crippen LogP) is 3.68. The number of rotatable bonds is 7. The van der Waals surface area contributed by atoms with Gasteiger partial charge in [0, 0.05) is 22.9 Å². The Labute approximate surface area is 179 Å². The van der Waals surface area contributed by atoms with Crippen molar-refractivity contribution in [1.29, 1.82) is 0 Å². The molecule has 2 aromatic rings. The Bertz CT molecular complexity index is 1040. The van der Waals surface area contributed by atoms with Gasteiger partial charge in [0.05, 0.1) is 24.7 Å². The van der Waals surface area contributed by atoms with E-state index in [9.17, 15) is 14.9 Å². The largest absolute Gasteiger partial charge is 0.490 e.